The molecule has 0 bridgehead atoms. The van der Waals surface area contributed by atoms with Crippen molar-refractivity contribution in [1.82, 2.24) is 34.4 Å². The highest BCUT2D eigenvalue weighted by molar-refractivity contribution is 5.78. The van der Waals surface area contributed by atoms with Crippen LogP contribution in [0.1, 0.15) is 35.3 Å². The van der Waals surface area contributed by atoms with Gasteiger partial charge in [-0.2, -0.15) is 10.2 Å². The maximum absolute atomic E-state index is 12.6. The van der Waals surface area contributed by atoms with Gasteiger partial charge in [-0.15, -0.1) is 0 Å². The van der Waals surface area contributed by atoms with E-state index in [0.29, 0.717) is 30.9 Å². The quantitative estimate of drug-likeness (QED) is 0.705. The van der Waals surface area contributed by atoms with E-state index in [1.807, 2.05) is 15.6 Å². The second-order valence-corrected chi connectivity index (χ2v) is 6.49. The number of nitrogens with zero attached hydrogens (tertiary/aromatic N) is 6. The average molecular weight is 355 g/mol. The largest absolute Gasteiger partial charge is 0.380 e. The first kappa shape index (κ1) is 16.5. The van der Waals surface area contributed by atoms with E-state index in [2.05, 4.69) is 20.2 Å². The molecule has 0 saturated carbocycles. The van der Waals surface area contributed by atoms with Crippen LogP contribution in [0.3, 0.4) is 0 Å². The Labute approximate surface area is 150 Å². The van der Waals surface area contributed by atoms with E-state index in [1.165, 1.54) is 0 Å². The number of carbonyl (C=O) groups is 1. The number of H-pyrrole nitrogens is 1. The molecule has 9 heteroatoms. The van der Waals surface area contributed by atoms with Crippen molar-refractivity contribution in [2.75, 3.05) is 6.54 Å². The van der Waals surface area contributed by atoms with Crippen LogP contribution in [-0.2, 0) is 31.4 Å². The van der Waals surface area contributed by atoms with Gasteiger partial charge in [0, 0.05) is 38.2 Å². The summed E-state index contributed by atoms with van der Waals surface area (Å²) in [6, 6.07) is 3.65. The maximum Gasteiger partial charge on any atom is 0.228 e. The van der Waals surface area contributed by atoms with Crippen LogP contribution in [0.2, 0.25) is 0 Å². The molecular formula is C17H21N7O2. The van der Waals surface area contributed by atoms with Crippen LogP contribution in [-0.4, -0.2) is 52.0 Å². The van der Waals surface area contributed by atoms with Crippen LogP contribution < -0.4 is 0 Å². The Morgan fingerprint density at radius 1 is 1.42 bits per heavy atom. The number of aromatic amines is 1. The van der Waals surface area contributed by atoms with Crippen molar-refractivity contribution in [2.45, 2.75) is 32.0 Å². The molecule has 0 spiro atoms. The van der Waals surface area contributed by atoms with Gasteiger partial charge in [-0.3, -0.25) is 14.2 Å². The van der Waals surface area contributed by atoms with Crippen molar-refractivity contribution < 1.29 is 9.90 Å². The lowest BCUT2D eigenvalue weighted by atomic mass is 10.1. The van der Waals surface area contributed by atoms with E-state index in [4.69, 9.17) is 0 Å². The van der Waals surface area contributed by atoms with Gasteiger partial charge in [-0.25, -0.2) is 4.98 Å². The molecular weight excluding hydrogens is 334 g/mol. The summed E-state index contributed by atoms with van der Waals surface area (Å²) in [6.07, 6.45) is 5.18. The Balaban J connectivity index is 1.52. The van der Waals surface area contributed by atoms with Gasteiger partial charge in [0.15, 0.2) is 0 Å². The number of amides is 1. The van der Waals surface area contributed by atoms with Gasteiger partial charge >= 0.3 is 0 Å². The third-order valence-corrected chi connectivity index (χ3v) is 4.70. The summed E-state index contributed by atoms with van der Waals surface area (Å²) in [6.45, 7) is 1.90. The van der Waals surface area contributed by atoms with E-state index >= 15 is 0 Å². The number of nitrogens with one attached hydrogen (secondary N) is 1. The zero-order valence-electron chi connectivity index (χ0n) is 14.5. The van der Waals surface area contributed by atoms with E-state index < -0.39 is 6.10 Å². The fraction of sp³-hybridized carbons (Fsp3) is 0.412. The van der Waals surface area contributed by atoms with Crippen LogP contribution in [0.5, 0.6) is 0 Å². The molecule has 2 N–H and O–H groups in total. The minimum atomic E-state index is -0.837. The fourth-order valence-corrected chi connectivity index (χ4v) is 3.29. The molecule has 0 fully saturated rings. The van der Waals surface area contributed by atoms with Crippen LogP contribution in [0.4, 0.5) is 0 Å². The Morgan fingerprint density at radius 3 is 3.04 bits per heavy atom. The molecule has 1 amide bonds. The first-order valence-corrected chi connectivity index (χ1v) is 8.59. The molecule has 3 aromatic heterocycles. The van der Waals surface area contributed by atoms with Crippen LogP contribution >= 0.6 is 0 Å². The number of hydrogen-bond donors (Lipinski definition) is 2. The molecule has 1 atom stereocenters. The van der Waals surface area contributed by atoms with Crippen LogP contribution in [0.25, 0.3) is 0 Å². The molecule has 26 heavy (non-hydrogen) atoms. The predicted molar refractivity (Wildman–Crippen MR) is 91.8 cm³/mol. The number of aryl methyl sites for hydroxylation is 2. The first-order chi connectivity index (χ1) is 12.6. The lowest BCUT2D eigenvalue weighted by molar-refractivity contribution is -0.131. The summed E-state index contributed by atoms with van der Waals surface area (Å²) < 4.78 is 3.52. The fourth-order valence-electron chi connectivity index (χ4n) is 3.29. The van der Waals surface area contributed by atoms with E-state index in [-0.39, 0.29) is 5.91 Å². The minimum Gasteiger partial charge on any atom is -0.380 e. The highest BCUT2D eigenvalue weighted by Gasteiger charge is 2.24. The summed E-state index contributed by atoms with van der Waals surface area (Å²) in [7, 11) is 1.79. The molecule has 9 nitrogen and oxygen atoms in total. The van der Waals surface area contributed by atoms with Crippen LogP contribution in [0, 0.1) is 0 Å². The third-order valence-electron chi connectivity index (χ3n) is 4.70. The lowest BCUT2D eigenvalue weighted by Crippen LogP contribution is -2.32. The van der Waals surface area contributed by atoms with Gasteiger partial charge in [0.2, 0.25) is 5.91 Å². The highest BCUT2D eigenvalue weighted by Crippen LogP contribution is 2.23. The SMILES string of the molecule is Cn1nccc1[C@@H](O)c1cc2n(n1)CCCN(C(=O)Cc1cnc[nH]1)C2. The zero-order chi connectivity index (χ0) is 18.1. The van der Waals surface area contributed by atoms with Crippen molar-refractivity contribution in [3.05, 3.63) is 53.6 Å². The maximum atomic E-state index is 12.6. The average Bonchev–Trinajstić information content (AvgIpc) is 3.34. The molecule has 0 aromatic carbocycles. The molecule has 0 aliphatic carbocycles. The second kappa shape index (κ2) is 6.75. The first-order valence-electron chi connectivity index (χ1n) is 8.59. The van der Waals surface area contributed by atoms with E-state index in [0.717, 1.165) is 24.4 Å². The van der Waals surface area contributed by atoms with Crippen molar-refractivity contribution in [3.8, 4) is 0 Å². The van der Waals surface area contributed by atoms with E-state index in [9.17, 15) is 9.90 Å². The second-order valence-electron chi connectivity index (χ2n) is 6.49. The van der Waals surface area contributed by atoms with Gasteiger partial charge in [0.1, 0.15) is 6.10 Å². The number of carbonyl (C=O) groups excluding carboxylic acids is 1. The molecule has 0 radical (unpaired) electrons. The normalized spacial score (nSPS) is 15.5. The number of aliphatic hydroxyl groups excluding tert-OH is 1. The number of aliphatic hydroxyl groups is 1. The van der Waals surface area contributed by atoms with Gasteiger partial charge < -0.3 is 15.0 Å². The number of imidazole rings is 1. The van der Waals surface area contributed by atoms with Crippen molar-refractivity contribution in [3.63, 3.8) is 0 Å². The predicted octanol–water partition coefficient (Wildman–Crippen LogP) is 0.396. The van der Waals surface area contributed by atoms with Crippen molar-refractivity contribution >= 4 is 5.91 Å². The molecule has 1 aliphatic rings. The topological polar surface area (TPSA) is 105 Å². The molecule has 0 unspecified atom stereocenters. The molecule has 3 aromatic rings. The summed E-state index contributed by atoms with van der Waals surface area (Å²) in [5.41, 5.74) is 2.99. The van der Waals surface area contributed by atoms with Crippen LogP contribution in [0.15, 0.2) is 30.9 Å². The Hall–Kier alpha value is -2.94. The van der Waals surface area contributed by atoms with Gasteiger partial charge in [0.25, 0.3) is 0 Å². The number of rotatable bonds is 4. The molecule has 4 heterocycles. The highest BCUT2D eigenvalue weighted by atomic mass is 16.3. The van der Waals surface area contributed by atoms with Gasteiger partial charge in [0.05, 0.1) is 36.4 Å². The standard InChI is InChI=1S/C17H21N7O2/c1-22-15(3-4-20-22)17(26)14-8-13-10-23(5-2-6-24(13)21-14)16(25)7-12-9-18-11-19-12/h3-4,8-9,11,17,26H,2,5-7,10H2,1H3,(H,18,19)/t17-/m0/s1. The number of fused-ring (bicyclic) bond motifs is 1. The van der Waals surface area contributed by atoms with E-state index in [1.54, 1.807) is 36.5 Å². The summed E-state index contributed by atoms with van der Waals surface area (Å²) in [5, 5.41) is 19.2. The Kier molecular flexibility index (Phi) is 4.29. The lowest BCUT2D eigenvalue weighted by Gasteiger charge is -2.19. The molecule has 136 valence electrons. The number of hydrogen-bond acceptors (Lipinski definition) is 5. The summed E-state index contributed by atoms with van der Waals surface area (Å²) in [5.74, 6) is 0.0534. The zero-order valence-corrected chi connectivity index (χ0v) is 14.5. The number of aromatic nitrogens is 6. The molecule has 4 rings (SSSR count). The molecule has 1 aliphatic heterocycles. The monoisotopic (exact) mass is 355 g/mol. The minimum absolute atomic E-state index is 0.0534. The van der Waals surface area contributed by atoms with Gasteiger partial charge in [-0.05, 0) is 18.6 Å². The molecule has 0 saturated heterocycles. The van der Waals surface area contributed by atoms with Crippen molar-refractivity contribution in [2.24, 2.45) is 7.05 Å². The summed E-state index contributed by atoms with van der Waals surface area (Å²) in [4.78, 5) is 21.3. The smallest absolute Gasteiger partial charge is 0.228 e. The van der Waals surface area contributed by atoms with Gasteiger partial charge in [-0.1, -0.05) is 0 Å². The Bertz CT molecular complexity index is 896. The Morgan fingerprint density at radius 2 is 2.31 bits per heavy atom. The third kappa shape index (κ3) is 3.13. The van der Waals surface area contributed by atoms with Crippen molar-refractivity contribution in [1.29, 1.82) is 0 Å². The summed E-state index contributed by atoms with van der Waals surface area (Å²) >= 11 is 0.